The number of nitrogens with one attached hydrogen (secondary N) is 1. The van der Waals surface area contributed by atoms with Crippen LogP contribution in [0.3, 0.4) is 0 Å². The molecule has 0 saturated heterocycles. The van der Waals surface area contributed by atoms with E-state index in [1.165, 1.54) is 11.1 Å². The Morgan fingerprint density at radius 2 is 1.83 bits per heavy atom. The van der Waals surface area contributed by atoms with E-state index < -0.39 is 0 Å². The van der Waals surface area contributed by atoms with Crippen LogP contribution in [0.15, 0.2) is 66.9 Å². The van der Waals surface area contributed by atoms with Crippen LogP contribution < -0.4 is 5.32 Å². The van der Waals surface area contributed by atoms with E-state index in [0.29, 0.717) is 5.69 Å². The SMILES string of the molecule is O=C(NC1CCCc2ccccc21)c1ccn(-c2ccccc2)n1. The van der Waals surface area contributed by atoms with E-state index in [2.05, 4.69) is 28.6 Å². The molecule has 1 aliphatic carbocycles. The molecule has 0 saturated carbocycles. The van der Waals surface area contributed by atoms with E-state index in [-0.39, 0.29) is 11.9 Å². The van der Waals surface area contributed by atoms with Crippen molar-refractivity contribution in [3.8, 4) is 5.69 Å². The summed E-state index contributed by atoms with van der Waals surface area (Å²) in [6, 6.07) is 20.0. The Morgan fingerprint density at radius 1 is 1.04 bits per heavy atom. The quantitative estimate of drug-likeness (QED) is 0.801. The lowest BCUT2D eigenvalue weighted by Crippen LogP contribution is -2.31. The second-order valence-corrected chi connectivity index (χ2v) is 6.10. The average molecular weight is 317 g/mol. The van der Waals surface area contributed by atoms with Gasteiger partial charge >= 0.3 is 0 Å². The van der Waals surface area contributed by atoms with Crippen LogP contribution in [0, 0.1) is 0 Å². The standard InChI is InChI=1S/C20H19N3O/c24-20(19-13-14-23(22-19)16-9-2-1-3-10-16)21-18-12-6-8-15-7-4-5-11-17(15)18/h1-5,7,9-11,13-14,18H,6,8,12H2,(H,21,24). The van der Waals surface area contributed by atoms with Gasteiger partial charge in [-0.25, -0.2) is 4.68 Å². The molecule has 1 aliphatic rings. The van der Waals surface area contributed by atoms with Gasteiger partial charge in [-0.15, -0.1) is 0 Å². The Labute approximate surface area is 141 Å². The first-order valence-corrected chi connectivity index (χ1v) is 8.31. The number of aromatic nitrogens is 2. The number of para-hydroxylation sites is 1. The van der Waals surface area contributed by atoms with Gasteiger partial charge in [-0.3, -0.25) is 4.79 Å². The Morgan fingerprint density at radius 3 is 2.71 bits per heavy atom. The summed E-state index contributed by atoms with van der Waals surface area (Å²) in [7, 11) is 0. The molecule has 4 rings (SSSR count). The molecule has 1 unspecified atom stereocenters. The summed E-state index contributed by atoms with van der Waals surface area (Å²) in [5.41, 5.74) is 3.96. The molecule has 1 aromatic heterocycles. The molecule has 4 nitrogen and oxygen atoms in total. The molecule has 120 valence electrons. The number of carbonyl (C=O) groups is 1. The van der Waals surface area contributed by atoms with Gasteiger partial charge in [0.1, 0.15) is 0 Å². The zero-order valence-electron chi connectivity index (χ0n) is 13.4. The topological polar surface area (TPSA) is 46.9 Å². The third-order valence-corrected chi connectivity index (χ3v) is 4.52. The van der Waals surface area contributed by atoms with Crippen molar-refractivity contribution in [2.45, 2.75) is 25.3 Å². The lowest BCUT2D eigenvalue weighted by atomic mass is 9.88. The molecule has 0 bridgehead atoms. The monoisotopic (exact) mass is 317 g/mol. The van der Waals surface area contributed by atoms with Gasteiger partial charge in [-0.05, 0) is 48.6 Å². The first kappa shape index (κ1) is 14.7. The maximum absolute atomic E-state index is 12.6. The number of hydrogen-bond acceptors (Lipinski definition) is 2. The number of carbonyl (C=O) groups excluding carboxylic acids is 1. The van der Waals surface area contributed by atoms with Crippen molar-refractivity contribution in [2.24, 2.45) is 0 Å². The van der Waals surface area contributed by atoms with Gasteiger partial charge in [0, 0.05) is 6.20 Å². The number of amides is 1. The van der Waals surface area contributed by atoms with E-state index in [1.54, 1.807) is 10.7 Å². The molecule has 0 aliphatic heterocycles. The Hall–Kier alpha value is -2.88. The molecule has 0 radical (unpaired) electrons. The van der Waals surface area contributed by atoms with Gasteiger partial charge in [0.05, 0.1) is 11.7 Å². The van der Waals surface area contributed by atoms with Crippen LogP contribution in [0.2, 0.25) is 0 Å². The summed E-state index contributed by atoms with van der Waals surface area (Å²) < 4.78 is 1.73. The minimum atomic E-state index is -0.119. The van der Waals surface area contributed by atoms with E-state index in [1.807, 2.05) is 42.6 Å². The summed E-state index contributed by atoms with van der Waals surface area (Å²) in [6.45, 7) is 0. The highest BCUT2D eigenvalue weighted by molar-refractivity contribution is 5.92. The van der Waals surface area contributed by atoms with Crippen molar-refractivity contribution in [3.63, 3.8) is 0 Å². The highest BCUT2D eigenvalue weighted by Crippen LogP contribution is 2.29. The Bertz CT molecular complexity index is 854. The summed E-state index contributed by atoms with van der Waals surface area (Å²) in [5, 5.41) is 7.55. The van der Waals surface area contributed by atoms with Gasteiger partial charge in [0.15, 0.2) is 5.69 Å². The largest absolute Gasteiger partial charge is 0.344 e. The van der Waals surface area contributed by atoms with Gasteiger partial charge < -0.3 is 5.32 Å². The van der Waals surface area contributed by atoms with E-state index >= 15 is 0 Å². The fourth-order valence-electron chi connectivity index (χ4n) is 3.31. The van der Waals surface area contributed by atoms with E-state index in [0.717, 1.165) is 24.9 Å². The van der Waals surface area contributed by atoms with Crippen LogP contribution >= 0.6 is 0 Å². The van der Waals surface area contributed by atoms with Crippen LogP contribution in [-0.2, 0) is 6.42 Å². The predicted octanol–water partition coefficient (Wildman–Crippen LogP) is 3.68. The smallest absolute Gasteiger partial charge is 0.272 e. The minimum absolute atomic E-state index is 0.0734. The molecule has 1 heterocycles. The molecule has 24 heavy (non-hydrogen) atoms. The first-order valence-electron chi connectivity index (χ1n) is 8.31. The highest BCUT2D eigenvalue weighted by Gasteiger charge is 2.22. The van der Waals surface area contributed by atoms with Gasteiger partial charge in [-0.2, -0.15) is 5.10 Å². The highest BCUT2D eigenvalue weighted by atomic mass is 16.2. The molecule has 4 heteroatoms. The van der Waals surface area contributed by atoms with Gasteiger partial charge in [-0.1, -0.05) is 42.5 Å². The van der Waals surface area contributed by atoms with Crippen molar-refractivity contribution in [3.05, 3.63) is 83.7 Å². The summed E-state index contributed by atoms with van der Waals surface area (Å²) in [4.78, 5) is 12.6. The molecular weight excluding hydrogens is 298 g/mol. The lowest BCUT2D eigenvalue weighted by molar-refractivity contribution is 0.0927. The van der Waals surface area contributed by atoms with Gasteiger partial charge in [0.2, 0.25) is 0 Å². The fourth-order valence-corrected chi connectivity index (χ4v) is 3.31. The minimum Gasteiger partial charge on any atom is -0.344 e. The van der Waals surface area contributed by atoms with Crippen LogP contribution in [0.5, 0.6) is 0 Å². The lowest BCUT2D eigenvalue weighted by Gasteiger charge is -2.26. The van der Waals surface area contributed by atoms with E-state index in [4.69, 9.17) is 0 Å². The molecule has 2 aromatic carbocycles. The number of nitrogens with zero attached hydrogens (tertiary/aromatic N) is 2. The van der Waals surface area contributed by atoms with Crippen LogP contribution in [0.4, 0.5) is 0 Å². The third kappa shape index (κ3) is 2.83. The number of fused-ring (bicyclic) bond motifs is 1. The maximum atomic E-state index is 12.6. The predicted molar refractivity (Wildman–Crippen MR) is 93.2 cm³/mol. The zero-order chi connectivity index (χ0) is 16.4. The average Bonchev–Trinajstić information content (AvgIpc) is 3.13. The van der Waals surface area contributed by atoms with Crippen LogP contribution in [-0.4, -0.2) is 15.7 Å². The third-order valence-electron chi connectivity index (χ3n) is 4.52. The van der Waals surface area contributed by atoms with Crippen LogP contribution in [0.1, 0.15) is 40.5 Å². The molecular formula is C20H19N3O. The number of benzene rings is 2. The molecule has 1 amide bonds. The van der Waals surface area contributed by atoms with Crippen molar-refractivity contribution in [1.29, 1.82) is 0 Å². The normalized spacial score (nSPS) is 16.4. The molecule has 0 fully saturated rings. The number of aryl methyl sites for hydroxylation is 1. The molecule has 0 spiro atoms. The molecule has 1 atom stereocenters. The number of hydrogen-bond donors (Lipinski definition) is 1. The van der Waals surface area contributed by atoms with Crippen molar-refractivity contribution in [1.82, 2.24) is 15.1 Å². The second-order valence-electron chi connectivity index (χ2n) is 6.10. The first-order chi connectivity index (χ1) is 11.8. The van der Waals surface area contributed by atoms with Crippen molar-refractivity contribution < 1.29 is 4.79 Å². The Kier molecular flexibility index (Phi) is 3.87. The second kappa shape index (κ2) is 6.32. The molecule has 3 aromatic rings. The number of rotatable bonds is 3. The Balaban J connectivity index is 1.53. The maximum Gasteiger partial charge on any atom is 0.272 e. The van der Waals surface area contributed by atoms with Crippen molar-refractivity contribution in [2.75, 3.05) is 0 Å². The molecule has 1 N–H and O–H groups in total. The van der Waals surface area contributed by atoms with E-state index in [9.17, 15) is 4.79 Å². The summed E-state index contributed by atoms with van der Waals surface area (Å²) >= 11 is 0. The zero-order valence-corrected chi connectivity index (χ0v) is 13.4. The van der Waals surface area contributed by atoms with Crippen molar-refractivity contribution >= 4 is 5.91 Å². The summed E-state index contributed by atoms with van der Waals surface area (Å²) in [5.74, 6) is -0.119. The fraction of sp³-hybridized carbons (Fsp3) is 0.200. The van der Waals surface area contributed by atoms with Gasteiger partial charge in [0.25, 0.3) is 5.91 Å². The van der Waals surface area contributed by atoms with Crippen LogP contribution in [0.25, 0.3) is 5.69 Å². The summed E-state index contributed by atoms with van der Waals surface area (Å²) in [6.07, 6.45) is 4.98.